The van der Waals surface area contributed by atoms with Gasteiger partial charge in [-0.2, -0.15) is 0 Å². The number of aliphatic carboxylic acids is 1. The van der Waals surface area contributed by atoms with Crippen LogP contribution >= 0.6 is 11.8 Å². The fourth-order valence-corrected chi connectivity index (χ4v) is 4.58. The second-order valence-electron chi connectivity index (χ2n) is 5.84. The Morgan fingerprint density at radius 2 is 2.30 bits per heavy atom. The van der Waals surface area contributed by atoms with Crippen LogP contribution in [-0.2, 0) is 16.0 Å². The average molecular weight is 338 g/mol. The number of hydrogen-bond donors (Lipinski definition) is 3. The molecule has 2 aliphatic heterocycles. The number of aliphatic hydroxyl groups excluding tert-OH is 1. The Hall–Kier alpha value is -1.87. The first-order chi connectivity index (χ1) is 10.9. The summed E-state index contributed by atoms with van der Waals surface area (Å²) in [5.41, 5.74) is 0.872. The molecular formula is C14H18N4O4S. The Morgan fingerprint density at radius 3 is 2.87 bits per heavy atom. The molecule has 3 N–H and O–H groups in total. The van der Waals surface area contributed by atoms with Gasteiger partial charge in [0.1, 0.15) is 5.70 Å². The fourth-order valence-electron chi connectivity index (χ4n) is 3.33. The number of nitrogens with zero attached hydrogens (tertiary/aromatic N) is 3. The number of hydrogen-bond acceptors (Lipinski definition) is 6. The highest BCUT2D eigenvalue weighted by Gasteiger charge is 2.59. The molecule has 0 radical (unpaired) electrons. The van der Waals surface area contributed by atoms with Gasteiger partial charge in [0, 0.05) is 29.2 Å². The number of carboxylic acids is 1. The Kier molecular flexibility index (Phi) is 4.15. The van der Waals surface area contributed by atoms with E-state index in [4.69, 9.17) is 0 Å². The van der Waals surface area contributed by atoms with E-state index in [-0.39, 0.29) is 23.6 Å². The van der Waals surface area contributed by atoms with Crippen molar-refractivity contribution < 1.29 is 19.8 Å². The van der Waals surface area contributed by atoms with Crippen molar-refractivity contribution in [2.75, 3.05) is 5.75 Å². The van der Waals surface area contributed by atoms with Crippen LogP contribution in [0.2, 0.25) is 0 Å². The van der Waals surface area contributed by atoms with Gasteiger partial charge in [-0.3, -0.25) is 9.89 Å². The van der Waals surface area contributed by atoms with Crippen molar-refractivity contribution in [2.24, 2.45) is 11.8 Å². The van der Waals surface area contributed by atoms with Gasteiger partial charge in [0.15, 0.2) is 0 Å². The summed E-state index contributed by atoms with van der Waals surface area (Å²) in [5.74, 6) is -1.37. The van der Waals surface area contributed by atoms with Crippen molar-refractivity contribution in [1.82, 2.24) is 20.3 Å². The minimum Gasteiger partial charge on any atom is -0.477 e. The Balaban J connectivity index is 1.77. The number of aryl methyl sites for hydroxylation is 1. The number of carbonyl (C=O) groups is 2. The highest BCUT2D eigenvalue weighted by Crippen LogP contribution is 2.50. The zero-order chi connectivity index (χ0) is 16.7. The summed E-state index contributed by atoms with van der Waals surface area (Å²) < 4.78 is 0. The van der Waals surface area contributed by atoms with Gasteiger partial charge in [-0.25, -0.2) is 4.79 Å². The molecule has 2 aliphatic rings. The molecule has 0 bridgehead atoms. The fraction of sp³-hybridized carbons (Fsp3) is 0.571. The van der Waals surface area contributed by atoms with Crippen molar-refractivity contribution in [3.05, 3.63) is 22.5 Å². The lowest BCUT2D eigenvalue weighted by atomic mass is 9.79. The predicted molar refractivity (Wildman–Crippen MR) is 82.2 cm³/mol. The number of aromatic nitrogens is 3. The lowest BCUT2D eigenvalue weighted by Gasteiger charge is -2.46. The molecule has 0 unspecified atom stereocenters. The molecule has 8 nitrogen and oxygen atoms in total. The minimum absolute atomic E-state index is 0.0644. The second kappa shape index (κ2) is 5.97. The first-order valence-corrected chi connectivity index (χ1v) is 8.38. The lowest BCUT2D eigenvalue weighted by molar-refractivity contribution is -0.163. The molecule has 0 spiro atoms. The first-order valence-electron chi connectivity index (χ1n) is 7.40. The maximum Gasteiger partial charge on any atom is 0.353 e. The normalized spacial score (nSPS) is 27.9. The highest BCUT2D eigenvalue weighted by atomic mass is 32.2. The van der Waals surface area contributed by atoms with E-state index >= 15 is 0 Å². The number of aliphatic hydroxyl groups is 1. The molecule has 1 saturated heterocycles. The van der Waals surface area contributed by atoms with Gasteiger partial charge in [0.25, 0.3) is 0 Å². The number of aromatic amines is 1. The molecule has 1 aromatic rings. The summed E-state index contributed by atoms with van der Waals surface area (Å²) in [5, 5.41) is 29.4. The number of carbonyl (C=O) groups excluding carboxylic acids is 1. The molecule has 124 valence electrons. The first kappa shape index (κ1) is 16.0. The van der Waals surface area contributed by atoms with Crippen molar-refractivity contribution in [1.29, 1.82) is 0 Å². The van der Waals surface area contributed by atoms with Gasteiger partial charge in [0.05, 0.1) is 23.8 Å². The van der Waals surface area contributed by atoms with Gasteiger partial charge in [-0.1, -0.05) is 12.1 Å². The monoisotopic (exact) mass is 338 g/mol. The quantitative estimate of drug-likeness (QED) is 0.635. The van der Waals surface area contributed by atoms with Crippen LogP contribution in [0.15, 0.2) is 16.8 Å². The number of amides is 1. The molecule has 1 amide bonds. The lowest BCUT2D eigenvalue weighted by Crippen LogP contribution is -2.63. The van der Waals surface area contributed by atoms with Gasteiger partial charge in [-0.05, 0) is 6.92 Å². The van der Waals surface area contributed by atoms with E-state index in [9.17, 15) is 19.8 Å². The molecule has 3 heterocycles. The number of H-pyrrole nitrogens is 1. The van der Waals surface area contributed by atoms with E-state index in [2.05, 4.69) is 15.4 Å². The maximum absolute atomic E-state index is 12.2. The van der Waals surface area contributed by atoms with Gasteiger partial charge < -0.3 is 15.1 Å². The SMILES string of the molecule is C[C@@H](O)[C@@H]1C(=O)N2C(C(=O)O)=C(SCCc3c[nH]nn3)[C@H](C)[C@@H]12. The number of β-lactam (4-membered cyclic amide) rings is 1. The van der Waals surface area contributed by atoms with Crippen molar-refractivity contribution >= 4 is 23.6 Å². The van der Waals surface area contributed by atoms with Crippen molar-refractivity contribution in [2.45, 2.75) is 32.4 Å². The van der Waals surface area contributed by atoms with Crippen LogP contribution in [0.5, 0.6) is 0 Å². The molecule has 23 heavy (non-hydrogen) atoms. The Labute approximate surface area is 136 Å². The third-order valence-electron chi connectivity index (χ3n) is 4.39. The third kappa shape index (κ3) is 2.53. The summed E-state index contributed by atoms with van der Waals surface area (Å²) in [4.78, 5) is 25.8. The van der Waals surface area contributed by atoms with E-state index in [0.29, 0.717) is 17.1 Å². The summed E-state index contributed by atoms with van der Waals surface area (Å²) in [6.45, 7) is 3.48. The Bertz CT molecular complexity index is 658. The van der Waals surface area contributed by atoms with Crippen LogP contribution in [0.3, 0.4) is 0 Å². The van der Waals surface area contributed by atoms with Crippen LogP contribution in [0.1, 0.15) is 19.5 Å². The van der Waals surface area contributed by atoms with Crippen LogP contribution in [0, 0.1) is 11.8 Å². The van der Waals surface area contributed by atoms with Crippen molar-refractivity contribution in [3.63, 3.8) is 0 Å². The van der Waals surface area contributed by atoms with E-state index in [1.807, 2.05) is 6.92 Å². The van der Waals surface area contributed by atoms with Crippen LogP contribution < -0.4 is 0 Å². The number of rotatable bonds is 6. The third-order valence-corrected chi connectivity index (χ3v) is 5.68. The number of nitrogens with one attached hydrogen (secondary N) is 1. The molecule has 1 fully saturated rings. The standard InChI is InChI=1S/C14H18N4O4S/c1-6-10-9(7(2)19)13(20)18(10)11(14(21)22)12(6)23-4-3-8-5-15-17-16-8/h5-7,9-10,19H,3-4H2,1-2H3,(H,21,22)(H,15,16,17)/t6-,7-,9+,10+/m1/s1. The van der Waals surface area contributed by atoms with Crippen molar-refractivity contribution in [3.8, 4) is 0 Å². The predicted octanol–water partition coefficient (Wildman–Crippen LogP) is 0.234. The molecule has 0 saturated carbocycles. The number of thioether (sulfide) groups is 1. The van der Waals surface area contributed by atoms with Crippen LogP contribution in [0.25, 0.3) is 0 Å². The summed E-state index contributed by atoms with van der Waals surface area (Å²) in [6, 6.07) is -0.261. The summed E-state index contributed by atoms with van der Waals surface area (Å²) in [7, 11) is 0. The second-order valence-corrected chi connectivity index (χ2v) is 6.97. The average Bonchev–Trinajstić information content (AvgIpc) is 3.05. The Morgan fingerprint density at radius 1 is 1.57 bits per heavy atom. The van der Waals surface area contributed by atoms with Gasteiger partial charge in [-0.15, -0.1) is 16.9 Å². The molecule has 9 heteroatoms. The smallest absolute Gasteiger partial charge is 0.353 e. The minimum atomic E-state index is -1.10. The molecule has 3 rings (SSSR count). The molecule has 4 atom stereocenters. The van der Waals surface area contributed by atoms with E-state index in [1.54, 1.807) is 13.1 Å². The van der Waals surface area contributed by atoms with Gasteiger partial charge in [0.2, 0.25) is 5.91 Å². The van der Waals surface area contributed by atoms with E-state index in [0.717, 1.165) is 5.69 Å². The molecule has 0 aromatic carbocycles. The maximum atomic E-state index is 12.2. The number of carboxylic acid groups (broad SMARTS) is 1. The van der Waals surface area contributed by atoms with Crippen LogP contribution in [-0.4, -0.2) is 60.3 Å². The van der Waals surface area contributed by atoms with E-state index in [1.165, 1.54) is 16.7 Å². The largest absolute Gasteiger partial charge is 0.477 e. The zero-order valence-electron chi connectivity index (χ0n) is 12.8. The molecule has 1 aromatic heterocycles. The highest BCUT2D eigenvalue weighted by molar-refractivity contribution is 8.03. The molecule has 0 aliphatic carbocycles. The zero-order valence-corrected chi connectivity index (χ0v) is 13.6. The van der Waals surface area contributed by atoms with E-state index < -0.39 is 18.0 Å². The number of fused-ring (bicyclic) bond motifs is 1. The van der Waals surface area contributed by atoms with Crippen LogP contribution in [0.4, 0.5) is 0 Å². The summed E-state index contributed by atoms with van der Waals surface area (Å²) >= 11 is 1.43. The topological polar surface area (TPSA) is 119 Å². The summed E-state index contributed by atoms with van der Waals surface area (Å²) in [6.07, 6.45) is 1.58. The van der Waals surface area contributed by atoms with Gasteiger partial charge >= 0.3 is 5.97 Å². The molecular weight excluding hydrogens is 320 g/mol.